The number of benzene rings is 1. The van der Waals surface area contributed by atoms with Crippen LogP contribution >= 0.6 is 0 Å². The van der Waals surface area contributed by atoms with Crippen LogP contribution in [0.3, 0.4) is 0 Å². The molecule has 0 spiro atoms. The third kappa shape index (κ3) is 1.57. The molecule has 1 aromatic heterocycles. The van der Waals surface area contributed by atoms with Crippen LogP contribution in [0.2, 0.25) is 0 Å². The lowest BCUT2D eigenvalue weighted by molar-refractivity contribution is 0.0603. The van der Waals surface area contributed by atoms with Gasteiger partial charge in [-0.2, -0.15) is 0 Å². The monoisotopic (exact) mass is 298 g/mol. The Hall–Kier alpha value is -2.14. The van der Waals surface area contributed by atoms with Gasteiger partial charge in [-0.3, -0.25) is 9.69 Å². The number of fused-ring (bicyclic) bond motifs is 5. The van der Waals surface area contributed by atoms with Gasteiger partial charge in [-0.15, -0.1) is 0 Å². The number of nitrogens with zero attached hydrogens (tertiary/aromatic N) is 1. The van der Waals surface area contributed by atoms with E-state index in [-0.39, 0.29) is 11.3 Å². The van der Waals surface area contributed by atoms with Crippen LogP contribution in [0.25, 0.3) is 10.9 Å². The number of nitrogens with one attached hydrogen (secondary N) is 1. The highest BCUT2D eigenvalue weighted by Crippen LogP contribution is 2.45. The van der Waals surface area contributed by atoms with Crippen LogP contribution < -0.4 is 0 Å². The van der Waals surface area contributed by atoms with E-state index in [4.69, 9.17) is 4.74 Å². The third-order valence-electron chi connectivity index (χ3n) is 5.17. The van der Waals surface area contributed by atoms with Gasteiger partial charge < -0.3 is 9.72 Å². The minimum Gasteiger partial charge on any atom is -0.465 e. The standard InChI is InChI=1S/C17H18N2O3/c1-17-7-4-8-19(17)9-12(20)14-13-10(16(21)22-2)5-3-6-11(13)18-15(14)17/h3,5-6,18H,4,7-9H2,1-2H3/t17-/m1/s1. The van der Waals surface area contributed by atoms with Crippen LogP contribution in [0.5, 0.6) is 0 Å². The van der Waals surface area contributed by atoms with Gasteiger partial charge in [-0.25, -0.2) is 4.79 Å². The van der Waals surface area contributed by atoms with Crippen molar-refractivity contribution in [1.82, 2.24) is 9.88 Å². The summed E-state index contributed by atoms with van der Waals surface area (Å²) in [6.07, 6.45) is 2.11. The zero-order valence-corrected chi connectivity index (χ0v) is 12.7. The Morgan fingerprint density at radius 3 is 3.00 bits per heavy atom. The van der Waals surface area contributed by atoms with Crippen molar-refractivity contribution in [2.45, 2.75) is 25.3 Å². The Morgan fingerprint density at radius 1 is 1.41 bits per heavy atom. The Kier molecular flexibility index (Phi) is 2.72. The average Bonchev–Trinajstić information content (AvgIpc) is 3.08. The number of carbonyl (C=O) groups is 2. The van der Waals surface area contributed by atoms with Gasteiger partial charge in [0.25, 0.3) is 0 Å². The number of ketones is 1. The highest BCUT2D eigenvalue weighted by Gasteiger charge is 2.47. The first-order valence-electron chi connectivity index (χ1n) is 7.58. The fraction of sp³-hybridized carbons (Fsp3) is 0.412. The van der Waals surface area contributed by atoms with Crippen molar-refractivity contribution < 1.29 is 14.3 Å². The van der Waals surface area contributed by atoms with Gasteiger partial charge in [-0.1, -0.05) is 6.07 Å². The van der Waals surface area contributed by atoms with Crippen molar-refractivity contribution in [3.63, 3.8) is 0 Å². The summed E-state index contributed by atoms with van der Waals surface area (Å²) in [6.45, 7) is 3.55. The number of carbonyl (C=O) groups excluding carboxylic acids is 2. The maximum atomic E-state index is 12.7. The van der Waals surface area contributed by atoms with Crippen molar-refractivity contribution in [3.05, 3.63) is 35.0 Å². The normalized spacial score (nSPS) is 24.4. The van der Waals surface area contributed by atoms with Crippen molar-refractivity contribution in [1.29, 1.82) is 0 Å². The minimum atomic E-state index is -0.404. The molecular weight excluding hydrogens is 280 g/mol. The number of hydrogen-bond acceptors (Lipinski definition) is 4. The van der Waals surface area contributed by atoms with Crippen LogP contribution in [0.15, 0.2) is 18.2 Å². The van der Waals surface area contributed by atoms with E-state index in [1.54, 1.807) is 6.07 Å². The molecule has 1 saturated heterocycles. The van der Waals surface area contributed by atoms with E-state index in [1.807, 2.05) is 12.1 Å². The van der Waals surface area contributed by atoms with E-state index in [9.17, 15) is 9.59 Å². The Balaban J connectivity index is 2.06. The molecule has 0 radical (unpaired) electrons. The number of aromatic nitrogens is 1. The summed E-state index contributed by atoms with van der Waals surface area (Å²) >= 11 is 0. The number of ether oxygens (including phenoxy) is 1. The summed E-state index contributed by atoms with van der Waals surface area (Å²) in [6, 6.07) is 5.45. The summed E-state index contributed by atoms with van der Waals surface area (Å²) in [5.41, 5.74) is 2.77. The van der Waals surface area contributed by atoms with E-state index in [0.29, 0.717) is 23.1 Å². The van der Waals surface area contributed by atoms with E-state index in [2.05, 4.69) is 16.8 Å². The van der Waals surface area contributed by atoms with E-state index < -0.39 is 5.97 Å². The molecule has 0 bridgehead atoms. The molecule has 3 heterocycles. The lowest BCUT2D eigenvalue weighted by Gasteiger charge is -2.38. The Morgan fingerprint density at radius 2 is 2.23 bits per heavy atom. The molecule has 5 heteroatoms. The molecule has 1 fully saturated rings. The second kappa shape index (κ2) is 4.43. The third-order valence-corrected chi connectivity index (χ3v) is 5.17. The molecule has 1 N–H and O–H groups in total. The SMILES string of the molecule is COC(=O)c1cccc2[nH]c3c(c12)C(=O)CN1CCC[C@]31C. The second-order valence-corrected chi connectivity index (χ2v) is 6.32. The largest absolute Gasteiger partial charge is 0.465 e. The first kappa shape index (κ1) is 13.5. The molecule has 0 aliphatic carbocycles. The summed E-state index contributed by atoms with van der Waals surface area (Å²) < 4.78 is 4.88. The summed E-state index contributed by atoms with van der Waals surface area (Å²) in [7, 11) is 1.36. The predicted molar refractivity (Wildman–Crippen MR) is 82.1 cm³/mol. The maximum Gasteiger partial charge on any atom is 0.338 e. The fourth-order valence-electron chi connectivity index (χ4n) is 4.02. The summed E-state index contributed by atoms with van der Waals surface area (Å²) in [4.78, 5) is 30.4. The smallest absolute Gasteiger partial charge is 0.338 e. The number of aromatic amines is 1. The Bertz CT molecular complexity index is 808. The topological polar surface area (TPSA) is 62.4 Å². The molecule has 1 aromatic carbocycles. The summed E-state index contributed by atoms with van der Waals surface area (Å²) in [5.74, 6) is -0.323. The van der Waals surface area contributed by atoms with Crippen LogP contribution in [0.1, 0.15) is 46.2 Å². The molecule has 2 aliphatic rings. The molecule has 0 saturated carbocycles. The molecule has 5 nitrogen and oxygen atoms in total. The van der Waals surface area contributed by atoms with Crippen molar-refractivity contribution in [2.75, 3.05) is 20.2 Å². The van der Waals surface area contributed by atoms with Gasteiger partial charge in [0.2, 0.25) is 0 Å². The molecule has 114 valence electrons. The van der Waals surface area contributed by atoms with E-state index in [0.717, 1.165) is 30.6 Å². The van der Waals surface area contributed by atoms with Gasteiger partial charge in [0, 0.05) is 16.6 Å². The first-order valence-corrected chi connectivity index (χ1v) is 7.58. The van der Waals surface area contributed by atoms with Gasteiger partial charge in [-0.05, 0) is 38.4 Å². The lowest BCUT2D eigenvalue weighted by atomic mass is 9.85. The van der Waals surface area contributed by atoms with Crippen molar-refractivity contribution >= 4 is 22.7 Å². The molecule has 4 rings (SSSR count). The average molecular weight is 298 g/mol. The van der Waals surface area contributed by atoms with E-state index in [1.165, 1.54) is 7.11 Å². The lowest BCUT2D eigenvalue weighted by Crippen LogP contribution is -2.46. The Labute approximate surface area is 128 Å². The van der Waals surface area contributed by atoms with Crippen molar-refractivity contribution in [2.24, 2.45) is 0 Å². The quantitative estimate of drug-likeness (QED) is 0.822. The molecule has 0 amide bonds. The zero-order valence-electron chi connectivity index (χ0n) is 12.7. The first-order chi connectivity index (χ1) is 10.6. The highest BCUT2D eigenvalue weighted by atomic mass is 16.5. The molecular formula is C17H18N2O3. The molecule has 22 heavy (non-hydrogen) atoms. The number of Topliss-reactive ketones (excluding diaryl/α,β-unsaturated/α-hetero) is 1. The molecule has 0 unspecified atom stereocenters. The van der Waals surface area contributed by atoms with Gasteiger partial charge in [0.1, 0.15) is 0 Å². The molecule has 2 aromatic rings. The van der Waals surface area contributed by atoms with Gasteiger partial charge >= 0.3 is 5.97 Å². The van der Waals surface area contributed by atoms with Crippen LogP contribution in [-0.2, 0) is 10.3 Å². The summed E-state index contributed by atoms with van der Waals surface area (Å²) in [5, 5.41) is 0.710. The maximum absolute atomic E-state index is 12.7. The van der Waals surface area contributed by atoms with Crippen LogP contribution in [0.4, 0.5) is 0 Å². The number of H-pyrrole nitrogens is 1. The molecule has 1 atom stereocenters. The van der Waals surface area contributed by atoms with Gasteiger partial charge in [0.15, 0.2) is 5.78 Å². The number of hydrogen-bond donors (Lipinski definition) is 1. The predicted octanol–water partition coefficient (Wildman–Crippen LogP) is 2.46. The second-order valence-electron chi connectivity index (χ2n) is 6.32. The van der Waals surface area contributed by atoms with E-state index >= 15 is 0 Å². The number of methoxy groups -OCH3 is 1. The molecule has 2 aliphatic heterocycles. The van der Waals surface area contributed by atoms with Crippen molar-refractivity contribution in [3.8, 4) is 0 Å². The number of rotatable bonds is 1. The minimum absolute atomic E-state index is 0.0805. The highest BCUT2D eigenvalue weighted by molar-refractivity contribution is 6.17. The van der Waals surface area contributed by atoms with Crippen LogP contribution in [0, 0.1) is 0 Å². The van der Waals surface area contributed by atoms with Gasteiger partial charge in [0.05, 0.1) is 30.3 Å². The zero-order chi connectivity index (χ0) is 15.5. The number of esters is 1. The van der Waals surface area contributed by atoms with Crippen LogP contribution in [-0.4, -0.2) is 41.8 Å². The fourth-order valence-corrected chi connectivity index (χ4v) is 4.02.